The molecule has 0 unspecified atom stereocenters. The second-order valence-electron chi connectivity index (χ2n) is 16.4. The largest absolute Gasteiger partial charge is 0.355 e. The molecule has 0 aromatic heterocycles. The van der Waals surface area contributed by atoms with Crippen LogP contribution >= 0.6 is 0 Å². The van der Waals surface area contributed by atoms with E-state index in [1.54, 1.807) is 18.2 Å². The number of benzene rings is 5. The third kappa shape index (κ3) is 10.1. The van der Waals surface area contributed by atoms with E-state index in [1.807, 2.05) is 106 Å². The molecule has 0 saturated heterocycles. The predicted octanol–water partition coefficient (Wildman–Crippen LogP) is 11.2. The molecule has 0 radical (unpaired) electrons. The molecule has 0 saturated carbocycles. The Morgan fingerprint density at radius 3 is 1.05 bits per heavy atom. The lowest BCUT2D eigenvalue weighted by molar-refractivity contribution is 0.480. The van der Waals surface area contributed by atoms with Gasteiger partial charge in [0.2, 0.25) is 0 Å². The van der Waals surface area contributed by atoms with E-state index in [-0.39, 0.29) is 38.4 Å². The van der Waals surface area contributed by atoms with Gasteiger partial charge in [-0.3, -0.25) is 13.7 Å². The Kier molecular flexibility index (Phi) is 13.3. The summed E-state index contributed by atoms with van der Waals surface area (Å²) in [5.41, 5.74) is 9.26. The molecule has 0 bridgehead atoms. The van der Waals surface area contributed by atoms with E-state index in [0.717, 1.165) is 33.6 Å². The summed E-state index contributed by atoms with van der Waals surface area (Å²) in [6, 6.07) is 23.7. The molecule has 0 aliphatic heterocycles. The minimum Gasteiger partial charge on any atom is -0.355 e. The summed E-state index contributed by atoms with van der Waals surface area (Å²) < 4.78 is 105. The van der Waals surface area contributed by atoms with Crippen LogP contribution in [0, 0.1) is 13.8 Å². The van der Waals surface area contributed by atoms with Crippen LogP contribution in [0.3, 0.4) is 0 Å². The summed E-state index contributed by atoms with van der Waals surface area (Å²) in [6.07, 6.45) is 0. The van der Waals surface area contributed by atoms with Gasteiger partial charge in [-0.25, -0.2) is 0 Å². The Bertz CT molecular complexity index is 2530. The van der Waals surface area contributed by atoms with Gasteiger partial charge in [0.25, 0.3) is 30.4 Å². The van der Waals surface area contributed by atoms with Gasteiger partial charge < -0.3 is 10.6 Å². The van der Waals surface area contributed by atoms with Crippen molar-refractivity contribution >= 4 is 53.1 Å². The number of hydrogen-bond donors (Lipinski definition) is 5. The molecule has 0 atom stereocenters. The maximum Gasteiger partial charge on any atom is 0.294 e. The lowest BCUT2D eigenvalue weighted by Gasteiger charge is -2.26. The lowest BCUT2D eigenvalue weighted by atomic mass is 9.81. The van der Waals surface area contributed by atoms with E-state index in [2.05, 4.69) is 10.6 Å². The molecular weight excluding hydrogens is 809 g/mol. The molecule has 59 heavy (non-hydrogen) atoms. The Hall–Kier alpha value is -4.57. The van der Waals surface area contributed by atoms with Crippen LogP contribution in [0.15, 0.2) is 99.6 Å². The number of anilines is 4. The van der Waals surface area contributed by atoms with Crippen LogP contribution in [0.1, 0.15) is 135 Å². The third-order valence-corrected chi connectivity index (χ3v) is 13.2. The van der Waals surface area contributed by atoms with Crippen molar-refractivity contribution in [1.82, 2.24) is 0 Å². The number of rotatable bonds is 14. The van der Waals surface area contributed by atoms with Gasteiger partial charge in [-0.2, -0.15) is 25.3 Å². The molecule has 0 spiro atoms. The molecule has 5 aromatic rings. The lowest BCUT2D eigenvalue weighted by Crippen LogP contribution is -2.13. The van der Waals surface area contributed by atoms with E-state index in [1.165, 1.54) is 30.3 Å². The van der Waals surface area contributed by atoms with Crippen molar-refractivity contribution in [2.45, 2.75) is 114 Å². The normalized spacial score (nSPS) is 12.6. The van der Waals surface area contributed by atoms with Gasteiger partial charge in [-0.15, -0.1) is 0 Å². The van der Waals surface area contributed by atoms with E-state index >= 15 is 0 Å². The average molecular weight is 863 g/mol. The van der Waals surface area contributed by atoms with Crippen LogP contribution in [-0.4, -0.2) is 38.9 Å². The van der Waals surface area contributed by atoms with Crippen molar-refractivity contribution in [2.24, 2.45) is 0 Å². The highest BCUT2D eigenvalue weighted by atomic mass is 32.2. The van der Waals surface area contributed by atoms with Gasteiger partial charge in [0.1, 0.15) is 0 Å². The highest BCUT2D eigenvalue weighted by Crippen LogP contribution is 2.43. The predicted molar refractivity (Wildman–Crippen MR) is 235 cm³/mol. The SMILES string of the molecule is Cc1cc(Nc2c(C(C)C)cc(S(=O)(=O)O)cc2C(C)C)ccc1C(c1ccc(Nc2c(C(C)C)cc(S(=O)(=O)O)cc2C(C)C)cc1C)c1ccccc1S(=O)(=O)O. The molecule has 0 aliphatic rings. The summed E-state index contributed by atoms with van der Waals surface area (Å²) in [6.45, 7) is 19.4. The Morgan fingerprint density at radius 2 is 0.763 bits per heavy atom. The van der Waals surface area contributed by atoms with Crippen LogP contribution in [-0.2, 0) is 30.4 Å². The number of nitrogens with one attached hydrogen (secondary N) is 2. The first-order valence-corrected chi connectivity index (χ1v) is 23.7. The minimum atomic E-state index is -4.64. The van der Waals surface area contributed by atoms with Crippen molar-refractivity contribution in [3.8, 4) is 0 Å². The molecule has 0 fully saturated rings. The van der Waals surface area contributed by atoms with Crippen LogP contribution in [0.2, 0.25) is 0 Å². The minimum absolute atomic E-state index is 0.0937. The van der Waals surface area contributed by atoms with Gasteiger partial charge in [-0.05, 0) is 142 Å². The zero-order valence-corrected chi connectivity index (χ0v) is 37.4. The second-order valence-corrected chi connectivity index (χ2v) is 20.6. The first-order chi connectivity index (χ1) is 27.3. The Labute approximate surface area is 349 Å². The fourth-order valence-electron chi connectivity index (χ4n) is 7.63. The number of aryl methyl sites for hydroxylation is 2. The van der Waals surface area contributed by atoms with Crippen LogP contribution in [0.25, 0.3) is 0 Å². The molecule has 0 amide bonds. The summed E-state index contributed by atoms with van der Waals surface area (Å²) in [5, 5.41) is 7.03. The fraction of sp³-hybridized carbons (Fsp3) is 0.333. The molecule has 5 aromatic carbocycles. The molecular formula is C45H54N2O9S3. The topological polar surface area (TPSA) is 187 Å². The Balaban J connectivity index is 1.66. The maximum absolute atomic E-state index is 12.9. The van der Waals surface area contributed by atoms with Gasteiger partial charge in [0.05, 0.1) is 14.7 Å². The van der Waals surface area contributed by atoms with Gasteiger partial charge in [0, 0.05) is 28.7 Å². The van der Waals surface area contributed by atoms with Crippen LogP contribution < -0.4 is 10.6 Å². The van der Waals surface area contributed by atoms with Crippen molar-refractivity contribution in [3.05, 3.63) is 135 Å². The molecule has 316 valence electrons. The van der Waals surface area contributed by atoms with Gasteiger partial charge >= 0.3 is 0 Å². The van der Waals surface area contributed by atoms with Crippen LogP contribution in [0.5, 0.6) is 0 Å². The zero-order chi connectivity index (χ0) is 43.9. The Morgan fingerprint density at radius 1 is 0.424 bits per heavy atom. The third-order valence-electron chi connectivity index (χ3n) is 10.6. The average Bonchev–Trinajstić information content (AvgIpc) is 3.11. The van der Waals surface area contributed by atoms with Crippen molar-refractivity contribution in [2.75, 3.05) is 10.6 Å². The van der Waals surface area contributed by atoms with E-state index < -0.39 is 36.3 Å². The molecule has 0 aliphatic carbocycles. The fourth-order valence-corrected chi connectivity index (χ4v) is 9.46. The molecule has 11 nitrogen and oxygen atoms in total. The van der Waals surface area contributed by atoms with Crippen LogP contribution in [0.4, 0.5) is 22.7 Å². The highest BCUT2D eigenvalue weighted by molar-refractivity contribution is 7.86. The number of hydrogen-bond acceptors (Lipinski definition) is 8. The van der Waals surface area contributed by atoms with Crippen molar-refractivity contribution in [3.63, 3.8) is 0 Å². The van der Waals surface area contributed by atoms with E-state index in [9.17, 15) is 38.9 Å². The van der Waals surface area contributed by atoms with Gasteiger partial charge in [0.15, 0.2) is 0 Å². The first-order valence-electron chi connectivity index (χ1n) is 19.4. The standard InChI is InChI=1S/C45H54N2O9S3/c1-25(2)38-21-33(57(48,49)50)22-39(26(3)4)44(38)46-31-15-17-35(29(9)19-31)43(37-13-11-12-14-42(37)59(54,55)56)36-18-16-32(20-30(36)10)47-45-40(27(5)6)23-34(58(51,52)53)24-41(45)28(7)8/h11-28,43,46-47H,1-10H3,(H,48,49,50)(H,51,52,53)(H,54,55,56). The van der Waals surface area contributed by atoms with Crippen molar-refractivity contribution < 1.29 is 38.9 Å². The first kappa shape index (κ1) is 45.5. The van der Waals surface area contributed by atoms with Crippen molar-refractivity contribution in [1.29, 1.82) is 0 Å². The monoisotopic (exact) mass is 862 g/mol. The summed E-state index contributed by atoms with van der Waals surface area (Å²) in [4.78, 5) is -0.568. The summed E-state index contributed by atoms with van der Waals surface area (Å²) >= 11 is 0. The molecule has 14 heteroatoms. The smallest absolute Gasteiger partial charge is 0.294 e. The van der Waals surface area contributed by atoms with Gasteiger partial charge in [-0.1, -0.05) is 85.7 Å². The van der Waals surface area contributed by atoms with E-state index in [4.69, 9.17) is 0 Å². The quantitative estimate of drug-likeness (QED) is 0.0528. The zero-order valence-electron chi connectivity index (χ0n) is 35.0. The van der Waals surface area contributed by atoms with E-state index in [0.29, 0.717) is 39.2 Å². The highest BCUT2D eigenvalue weighted by Gasteiger charge is 2.28. The maximum atomic E-state index is 12.9. The molecule has 5 rings (SSSR count). The molecule has 5 N–H and O–H groups in total. The summed E-state index contributed by atoms with van der Waals surface area (Å²) in [7, 11) is -13.6. The summed E-state index contributed by atoms with van der Waals surface area (Å²) in [5.74, 6) is -1.03. The second kappa shape index (κ2) is 17.2. The molecule has 0 heterocycles.